The van der Waals surface area contributed by atoms with Crippen LogP contribution < -0.4 is 19.9 Å². The van der Waals surface area contributed by atoms with Gasteiger partial charge in [-0.3, -0.25) is 9.59 Å². The van der Waals surface area contributed by atoms with E-state index in [1.54, 1.807) is 53.0 Å². The van der Waals surface area contributed by atoms with Crippen LogP contribution in [0.1, 0.15) is 47.2 Å². The van der Waals surface area contributed by atoms with Gasteiger partial charge >= 0.3 is 0 Å². The third-order valence-electron chi connectivity index (χ3n) is 6.96. The number of rotatable bonds is 6. The zero-order valence-corrected chi connectivity index (χ0v) is 26.5. The van der Waals surface area contributed by atoms with E-state index >= 15 is 0 Å². The molecule has 1 amide bonds. The summed E-state index contributed by atoms with van der Waals surface area (Å²) in [5, 5.41) is 5.63. The number of fused-ring (bicyclic) bond motifs is 3. The first-order valence-electron chi connectivity index (χ1n) is 13.3. The highest BCUT2D eigenvalue weighted by molar-refractivity contribution is 6.34. The molecule has 0 saturated heterocycles. The Bertz CT molecular complexity index is 1680. The van der Waals surface area contributed by atoms with Gasteiger partial charge in [-0.25, -0.2) is 9.67 Å². The summed E-state index contributed by atoms with van der Waals surface area (Å²) in [4.78, 5) is 31.6. The molecular weight excluding hydrogens is 593 g/mol. The van der Waals surface area contributed by atoms with E-state index < -0.39 is 5.54 Å². The normalized spacial score (nSPS) is 11.8. The molecule has 4 aromatic rings. The molecule has 1 aliphatic heterocycles. The van der Waals surface area contributed by atoms with Crippen molar-refractivity contribution in [1.82, 2.24) is 19.7 Å². The van der Waals surface area contributed by atoms with Gasteiger partial charge in [-0.2, -0.15) is 5.10 Å². The number of carbonyl (C=O) groups is 2. The molecule has 10 nitrogen and oxygen atoms in total. The van der Waals surface area contributed by atoms with Gasteiger partial charge in [-0.05, 0) is 58.2 Å². The Balaban J connectivity index is 0.00000207. The Morgan fingerprint density at radius 2 is 1.70 bits per heavy atom. The average Bonchev–Trinajstić information content (AvgIpc) is 3.39. The zero-order chi connectivity index (χ0) is 31.6. The van der Waals surface area contributed by atoms with E-state index in [2.05, 4.69) is 10.7 Å². The summed E-state index contributed by atoms with van der Waals surface area (Å²) in [5.41, 5.74) is 8.19. The van der Waals surface area contributed by atoms with Crippen molar-refractivity contribution in [2.75, 3.05) is 28.3 Å². The molecule has 2 N–H and O–H groups in total. The lowest BCUT2D eigenvalue weighted by atomic mass is 9.97. The van der Waals surface area contributed by atoms with Crippen LogP contribution in [-0.2, 0) is 6.61 Å². The molecule has 0 atom stereocenters. The molecule has 0 bridgehead atoms. The number of hydrogen-bond donors (Lipinski definition) is 1. The maximum Gasteiger partial charge on any atom is 0.274 e. The molecule has 5 rings (SSSR count). The third kappa shape index (κ3) is 6.17. The minimum atomic E-state index is -0.449. The van der Waals surface area contributed by atoms with E-state index in [4.69, 9.17) is 42.5 Å². The Hall–Kier alpha value is -4.12. The van der Waals surface area contributed by atoms with Crippen molar-refractivity contribution in [3.05, 3.63) is 69.3 Å². The van der Waals surface area contributed by atoms with Gasteiger partial charge < -0.3 is 24.8 Å². The van der Waals surface area contributed by atoms with Crippen molar-refractivity contribution in [3.8, 4) is 45.6 Å². The minimum absolute atomic E-state index is 0.102. The monoisotopic (exact) mass is 625 g/mol. The number of ether oxygens (including phenoxy) is 3. The standard InChI is InChI=1S/C30H28Cl2N4O5.CH5N/c1-30(2,3)35(4)29(38)27-22-15-41-25-13-24(39-5)20(23-7-16(14-37)8-26(33-23)40-6)12-21(25)28(22)36(34-27)19-10-17(31)9-18(32)11-19;1-2/h7-14H,15H2,1-6H3;2H2,1H3. The van der Waals surface area contributed by atoms with Gasteiger partial charge in [-0.15, -0.1) is 0 Å². The second-order valence-electron chi connectivity index (χ2n) is 10.5. The quantitative estimate of drug-likeness (QED) is 0.256. The lowest BCUT2D eigenvalue weighted by Crippen LogP contribution is -2.43. The van der Waals surface area contributed by atoms with Crippen molar-refractivity contribution >= 4 is 35.4 Å². The van der Waals surface area contributed by atoms with Gasteiger partial charge in [0, 0.05) is 57.0 Å². The Morgan fingerprint density at radius 1 is 1.02 bits per heavy atom. The van der Waals surface area contributed by atoms with E-state index in [9.17, 15) is 9.59 Å². The molecule has 3 heterocycles. The van der Waals surface area contributed by atoms with Crippen LogP contribution in [0.15, 0.2) is 42.5 Å². The first-order valence-corrected chi connectivity index (χ1v) is 14.0. The summed E-state index contributed by atoms with van der Waals surface area (Å²) in [6.07, 6.45) is 0.724. The lowest BCUT2D eigenvalue weighted by molar-refractivity contribution is 0.0646. The minimum Gasteiger partial charge on any atom is -0.496 e. The highest BCUT2D eigenvalue weighted by Crippen LogP contribution is 2.46. The van der Waals surface area contributed by atoms with Crippen molar-refractivity contribution in [1.29, 1.82) is 0 Å². The largest absolute Gasteiger partial charge is 0.496 e. The van der Waals surface area contributed by atoms with Crippen LogP contribution in [0.5, 0.6) is 17.4 Å². The van der Waals surface area contributed by atoms with Crippen LogP contribution in [-0.4, -0.2) is 65.7 Å². The van der Waals surface area contributed by atoms with Gasteiger partial charge in [0.15, 0.2) is 5.69 Å². The number of nitrogens with zero attached hydrogens (tertiary/aromatic N) is 4. The van der Waals surface area contributed by atoms with Crippen LogP contribution in [0.2, 0.25) is 10.0 Å². The second kappa shape index (κ2) is 12.6. The van der Waals surface area contributed by atoms with Crippen LogP contribution in [0.4, 0.5) is 0 Å². The Kier molecular flexibility index (Phi) is 9.34. The number of benzene rings is 2. The third-order valence-corrected chi connectivity index (χ3v) is 7.40. The molecule has 2 aromatic heterocycles. The molecule has 12 heteroatoms. The fourth-order valence-corrected chi connectivity index (χ4v) is 5.08. The van der Waals surface area contributed by atoms with Crippen LogP contribution in [0.25, 0.3) is 28.2 Å². The van der Waals surface area contributed by atoms with Crippen LogP contribution in [0.3, 0.4) is 0 Å². The van der Waals surface area contributed by atoms with Gasteiger partial charge in [-0.1, -0.05) is 23.2 Å². The lowest BCUT2D eigenvalue weighted by Gasteiger charge is -2.31. The summed E-state index contributed by atoms with van der Waals surface area (Å²) < 4.78 is 18.8. The van der Waals surface area contributed by atoms with Gasteiger partial charge in [0.2, 0.25) is 5.88 Å². The van der Waals surface area contributed by atoms with Crippen LogP contribution >= 0.6 is 23.2 Å². The van der Waals surface area contributed by atoms with E-state index in [0.717, 1.165) is 6.29 Å². The number of halogens is 2. The second-order valence-corrected chi connectivity index (χ2v) is 11.4. The van der Waals surface area contributed by atoms with Crippen molar-refractivity contribution in [3.63, 3.8) is 0 Å². The average molecular weight is 627 g/mol. The molecule has 226 valence electrons. The Labute approximate surface area is 260 Å². The molecule has 2 aromatic carbocycles. The molecular formula is C31H33Cl2N5O5. The van der Waals surface area contributed by atoms with Crippen LogP contribution in [0, 0.1) is 0 Å². The van der Waals surface area contributed by atoms with E-state index in [1.165, 1.54) is 21.3 Å². The number of hydrogen-bond acceptors (Lipinski definition) is 8. The van der Waals surface area contributed by atoms with Crippen molar-refractivity contribution in [2.45, 2.75) is 32.9 Å². The number of pyridine rings is 1. The molecule has 0 aliphatic carbocycles. The van der Waals surface area contributed by atoms with E-state index in [1.807, 2.05) is 26.8 Å². The van der Waals surface area contributed by atoms with Gasteiger partial charge in [0.25, 0.3) is 5.91 Å². The molecule has 0 saturated carbocycles. The number of nitrogens with two attached hydrogens (primary N) is 1. The topological polar surface area (TPSA) is 122 Å². The summed E-state index contributed by atoms with van der Waals surface area (Å²) in [6, 6.07) is 11.9. The predicted octanol–water partition coefficient (Wildman–Crippen LogP) is 6.08. The van der Waals surface area contributed by atoms with E-state index in [-0.39, 0.29) is 24.1 Å². The smallest absolute Gasteiger partial charge is 0.274 e. The predicted molar refractivity (Wildman–Crippen MR) is 167 cm³/mol. The summed E-state index contributed by atoms with van der Waals surface area (Å²) >= 11 is 12.7. The summed E-state index contributed by atoms with van der Waals surface area (Å²) in [7, 11) is 6.26. The highest BCUT2D eigenvalue weighted by atomic mass is 35.5. The molecule has 0 unspecified atom stereocenters. The van der Waals surface area contributed by atoms with E-state index in [0.29, 0.717) is 60.9 Å². The number of aldehydes is 1. The molecule has 43 heavy (non-hydrogen) atoms. The number of aromatic nitrogens is 3. The summed E-state index contributed by atoms with van der Waals surface area (Å²) in [6.45, 7) is 5.95. The zero-order valence-electron chi connectivity index (χ0n) is 25.0. The van der Waals surface area contributed by atoms with Gasteiger partial charge in [0.05, 0.1) is 31.3 Å². The molecule has 0 fully saturated rings. The molecule has 1 aliphatic rings. The maximum atomic E-state index is 13.7. The van der Waals surface area contributed by atoms with Crippen molar-refractivity contribution in [2.24, 2.45) is 5.73 Å². The van der Waals surface area contributed by atoms with Gasteiger partial charge in [0.1, 0.15) is 24.4 Å². The maximum absolute atomic E-state index is 13.7. The molecule has 0 spiro atoms. The van der Waals surface area contributed by atoms with Crippen molar-refractivity contribution < 1.29 is 23.8 Å². The SMILES string of the molecule is CN.COc1cc(C=O)cc(-c2cc3c(cc2OC)OCc2c(C(=O)N(C)C(C)(C)C)nn(-c4cc(Cl)cc(Cl)c4)c2-3)n1. The number of amides is 1. The number of carbonyl (C=O) groups excluding carboxylic acids is 2. The first kappa shape index (κ1) is 31.8. The molecule has 0 radical (unpaired) electrons. The Morgan fingerprint density at radius 3 is 2.28 bits per heavy atom. The number of methoxy groups -OCH3 is 2. The first-order chi connectivity index (χ1) is 20.4. The fourth-order valence-electron chi connectivity index (χ4n) is 4.57. The summed E-state index contributed by atoms with van der Waals surface area (Å²) in [5.74, 6) is 1.02. The highest BCUT2D eigenvalue weighted by Gasteiger charge is 2.35. The fraction of sp³-hybridized carbons (Fsp3) is 0.290.